The summed E-state index contributed by atoms with van der Waals surface area (Å²) in [6, 6.07) is 0. The van der Waals surface area contributed by atoms with Crippen LogP contribution in [0.5, 0.6) is 0 Å². The highest BCUT2D eigenvalue weighted by atomic mass is 14.7. The van der Waals surface area contributed by atoms with Crippen LogP contribution in [0.3, 0.4) is 0 Å². The Morgan fingerprint density at radius 3 is 2.14 bits per heavy atom. The molecule has 0 spiro atoms. The average Bonchev–Trinajstić information content (AvgIpc) is 2.26. The van der Waals surface area contributed by atoms with Crippen molar-refractivity contribution in [2.24, 2.45) is 0 Å². The van der Waals surface area contributed by atoms with E-state index in [2.05, 4.69) is 24.7 Å². The van der Waals surface area contributed by atoms with E-state index in [1.54, 1.807) is 24.4 Å². The van der Waals surface area contributed by atoms with Gasteiger partial charge in [-0.15, -0.1) is 0 Å². The van der Waals surface area contributed by atoms with Crippen molar-refractivity contribution >= 4 is 24.4 Å². The van der Waals surface area contributed by atoms with Gasteiger partial charge in [0.25, 0.3) is 0 Å². The lowest BCUT2D eigenvalue weighted by molar-refractivity contribution is 1.26. The first-order chi connectivity index (χ1) is 6.78. The number of hydrogen-bond donors (Lipinski definition) is 1. The zero-order chi connectivity index (χ0) is 10.6. The number of hydrogen-bond acceptors (Lipinski definition) is 2. The zero-order valence-corrected chi connectivity index (χ0v) is 7.96. The molecule has 1 rings (SSSR count). The van der Waals surface area contributed by atoms with Crippen LogP contribution in [-0.2, 0) is 0 Å². The molecule has 0 saturated carbocycles. The summed E-state index contributed by atoms with van der Waals surface area (Å²) in [6.07, 6.45) is 7.95. The molecule has 0 bridgehead atoms. The SMILES string of the molecule is C=Cc1ncc(C=N)c(C=C)c1C=C. The molecule has 0 radical (unpaired) electrons. The zero-order valence-electron chi connectivity index (χ0n) is 7.96. The Balaban J connectivity index is 3.58. The molecule has 0 aliphatic rings. The van der Waals surface area contributed by atoms with Gasteiger partial charge in [-0.3, -0.25) is 4.98 Å². The van der Waals surface area contributed by atoms with Gasteiger partial charge < -0.3 is 5.41 Å². The maximum Gasteiger partial charge on any atom is 0.0702 e. The second-order valence-electron chi connectivity index (χ2n) is 2.68. The van der Waals surface area contributed by atoms with E-state index in [4.69, 9.17) is 5.41 Å². The fraction of sp³-hybridized carbons (Fsp3) is 0. The minimum Gasteiger partial charge on any atom is -0.308 e. The molecule has 70 valence electrons. The van der Waals surface area contributed by atoms with Crippen LogP contribution in [0.2, 0.25) is 0 Å². The van der Waals surface area contributed by atoms with Gasteiger partial charge >= 0.3 is 0 Å². The van der Waals surface area contributed by atoms with Crippen molar-refractivity contribution in [1.82, 2.24) is 4.98 Å². The standard InChI is InChI=1S/C12H12N2/c1-4-10-9(7-13)8-14-12(6-3)11(10)5-2/h4-8,13H,1-3H2. The molecule has 1 heterocycles. The Morgan fingerprint density at radius 2 is 1.71 bits per heavy atom. The summed E-state index contributed by atoms with van der Waals surface area (Å²) in [7, 11) is 0. The van der Waals surface area contributed by atoms with Crippen molar-refractivity contribution in [3.63, 3.8) is 0 Å². The van der Waals surface area contributed by atoms with Crippen LogP contribution in [0.15, 0.2) is 25.9 Å². The van der Waals surface area contributed by atoms with Crippen molar-refractivity contribution in [2.75, 3.05) is 0 Å². The predicted octanol–water partition coefficient (Wildman–Crippen LogP) is 3.01. The van der Waals surface area contributed by atoms with Crippen LogP contribution in [0.25, 0.3) is 18.2 Å². The fourth-order valence-corrected chi connectivity index (χ4v) is 1.29. The quantitative estimate of drug-likeness (QED) is 0.717. The summed E-state index contributed by atoms with van der Waals surface area (Å²) < 4.78 is 0. The van der Waals surface area contributed by atoms with Crippen LogP contribution < -0.4 is 0 Å². The fourth-order valence-electron chi connectivity index (χ4n) is 1.29. The van der Waals surface area contributed by atoms with Gasteiger partial charge in [0.2, 0.25) is 0 Å². The van der Waals surface area contributed by atoms with E-state index >= 15 is 0 Å². The van der Waals surface area contributed by atoms with Crippen LogP contribution in [0.4, 0.5) is 0 Å². The first-order valence-electron chi connectivity index (χ1n) is 4.19. The van der Waals surface area contributed by atoms with Crippen LogP contribution in [-0.4, -0.2) is 11.2 Å². The Labute approximate surface area is 83.8 Å². The van der Waals surface area contributed by atoms with Gasteiger partial charge in [-0.05, 0) is 11.6 Å². The highest BCUT2D eigenvalue weighted by Crippen LogP contribution is 2.19. The van der Waals surface area contributed by atoms with E-state index in [0.717, 1.165) is 22.4 Å². The third kappa shape index (κ3) is 1.55. The van der Waals surface area contributed by atoms with Gasteiger partial charge in [-0.1, -0.05) is 31.9 Å². The number of nitrogens with zero attached hydrogens (tertiary/aromatic N) is 1. The molecule has 0 aliphatic heterocycles. The third-order valence-electron chi connectivity index (χ3n) is 1.98. The van der Waals surface area contributed by atoms with E-state index in [1.807, 2.05) is 0 Å². The largest absolute Gasteiger partial charge is 0.308 e. The molecule has 0 amide bonds. The summed E-state index contributed by atoms with van der Waals surface area (Å²) in [6.45, 7) is 11.1. The molecule has 1 N–H and O–H groups in total. The molecule has 0 fully saturated rings. The highest BCUT2D eigenvalue weighted by Gasteiger charge is 2.05. The van der Waals surface area contributed by atoms with Crippen molar-refractivity contribution < 1.29 is 0 Å². The lowest BCUT2D eigenvalue weighted by Gasteiger charge is -2.07. The minimum atomic E-state index is 0.737. The van der Waals surface area contributed by atoms with E-state index in [-0.39, 0.29) is 0 Å². The van der Waals surface area contributed by atoms with Crippen LogP contribution in [0, 0.1) is 5.41 Å². The normalized spacial score (nSPS) is 9.14. The molecule has 0 aliphatic carbocycles. The van der Waals surface area contributed by atoms with E-state index in [9.17, 15) is 0 Å². The minimum absolute atomic E-state index is 0.737. The second-order valence-corrected chi connectivity index (χ2v) is 2.68. The van der Waals surface area contributed by atoms with Crippen molar-refractivity contribution in [3.05, 3.63) is 48.3 Å². The molecule has 0 atom stereocenters. The molecule has 0 unspecified atom stereocenters. The maximum absolute atomic E-state index is 7.21. The lowest BCUT2D eigenvalue weighted by atomic mass is 10.0. The number of rotatable bonds is 4. The lowest BCUT2D eigenvalue weighted by Crippen LogP contribution is -1.96. The monoisotopic (exact) mass is 184 g/mol. The predicted molar refractivity (Wildman–Crippen MR) is 62.4 cm³/mol. The summed E-state index contributed by atoms with van der Waals surface area (Å²) in [5.74, 6) is 0. The van der Waals surface area contributed by atoms with Crippen LogP contribution >= 0.6 is 0 Å². The Bertz CT molecular complexity index is 364. The summed E-state index contributed by atoms with van der Waals surface area (Å²) >= 11 is 0. The molecule has 0 saturated heterocycles. The first kappa shape index (κ1) is 10.1. The van der Waals surface area contributed by atoms with Gasteiger partial charge in [0.15, 0.2) is 0 Å². The molecule has 2 heteroatoms. The van der Waals surface area contributed by atoms with Crippen LogP contribution in [0.1, 0.15) is 22.4 Å². The van der Waals surface area contributed by atoms with Crippen molar-refractivity contribution in [2.45, 2.75) is 0 Å². The molecular weight excluding hydrogens is 172 g/mol. The van der Waals surface area contributed by atoms with Gasteiger partial charge in [-0.2, -0.15) is 0 Å². The summed E-state index contributed by atoms with van der Waals surface area (Å²) in [4.78, 5) is 4.16. The maximum atomic E-state index is 7.21. The van der Waals surface area contributed by atoms with Gasteiger partial charge in [0.05, 0.1) is 5.69 Å². The Morgan fingerprint density at radius 1 is 1.07 bits per heavy atom. The Hall–Kier alpha value is -1.96. The first-order valence-corrected chi connectivity index (χ1v) is 4.19. The van der Waals surface area contributed by atoms with Gasteiger partial charge in [0, 0.05) is 23.5 Å². The molecule has 1 aromatic rings. The van der Waals surface area contributed by atoms with Gasteiger partial charge in [-0.25, -0.2) is 0 Å². The second kappa shape index (κ2) is 4.33. The summed E-state index contributed by atoms with van der Waals surface area (Å²) in [5.41, 5.74) is 3.25. The molecule has 2 nitrogen and oxygen atoms in total. The van der Waals surface area contributed by atoms with E-state index in [1.165, 1.54) is 6.21 Å². The van der Waals surface area contributed by atoms with E-state index in [0.29, 0.717) is 0 Å². The Kier molecular flexibility index (Phi) is 3.13. The van der Waals surface area contributed by atoms with Crippen molar-refractivity contribution in [1.29, 1.82) is 5.41 Å². The van der Waals surface area contributed by atoms with E-state index < -0.39 is 0 Å². The number of nitrogens with one attached hydrogen (secondary N) is 1. The van der Waals surface area contributed by atoms with Gasteiger partial charge in [0.1, 0.15) is 0 Å². The topological polar surface area (TPSA) is 36.7 Å². The molecular formula is C12H12N2. The highest BCUT2D eigenvalue weighted by molar-refractivity contribution is 5.87. The average molecular weight is 184 g/mol. The molecule has 0 aromatic carbocycles. The smallest absolute Gasteiger partial charge is 0.0702 e. The number of aromatic nitrogens is 1. The summed E-state index contributed by atoms with van der Waals surface area (Å²) in [5, 5.41) is 7.21. The number of pyridine rings is 1. The molecule has 1 aromatic heterocycles. The third-order valence-corrected chi connectivity index (χ3v) is 1.98. The molecule has 14 heavy (non-hydrogen) atoms. The van der Waals surface area contributed by atoms with Crippen molar-refractivity contribution in [3.8, 4) is 0 Å².